The van der Waals surface area contributed by atoms with E-state index in [2.05, 4.69) is 22.3 Å². The lowest BCUT2D eigenvalue weighted by Gasteiger charge is -2.43. The molecule has 1 aromatic carbocycles. The van der Waals surface area contributed by atoms with Gasteiger partial charge in [-0.25, -0.2) is 4.68 Å². The van der Waals surface area contributed by atoms with Crippen molar-refractivity contribution in [2.24, 2.45) is 0 Å². The van der Waals surface area contributed by atoms with Gasteiger partial charge in [-0.3, -0.25) is 4.79 Å². The van der Waals surface area contributed by atoms with E-state index in [1.165, 1.54) is 19.4 Å². The van der Waals surface area contributed by atoms with Crippen LogP contribution in [0.2, 0.25) is 0 Å². The first-order valence-corrected chi connectivity index (χ1v) is 9.19. The third-order valence-corrected chi connectivity index (χ3v) is 5.96. The largest absolute Gasteiger partial charge is 0.497 e. The van der Waals surface area contributed by atoms with Crippen LogP contribution in [0.15, 0.2) is 30.5 Å². The smallest absolute Gasteiger partial charge is 0.276 e. The van der Waals surface area contributed by atoms with E-state index in [4.69, 9.17) is 4.74 Å². The number of amides is 1. The highest BCUT2D eigenvalue weighted by molar-refractivity contribution is 5.92. The third-order valence-electron chi connectivity index (χ3n) is 5.96. The highest BCUT2D eigenvalue weighted by Crippen LogP contribution is 2.37. The molecule has 2 saturated heterocycles. The van der Waals surface area contributed by atoms with Crippen molar-refractivity contribution in [2.75, 3.05) is 33.8 Å². The number of rotatable bonds is 3. The molecule has 0 atom stereocenters. The number of carbonyl (C=O) groups is 1. The van der Waals surface area contributed by atoms with Crippen LogP contribution in [0.5, 0.6) is 5.75 Å². The van der Waals surface area contributed by atoms with Crippen molar-refractivity contribution in [1.29, 1.82) is 0 Å². The van der Waals surface area contributed by atoms with Crippen LogP contribution in [0.4, 0.5) is 0 Å². The molecule has 3 heterocycles. The summed E-state index contributed by atoms with van der Waals surface area (Å²) in [4.78, 5) is 17.2. The van der Waals surface area contributed by atoms with Crippen LogP contribution >= 0.6 is 0 Å². The van der Waals surface area contributed by atoms with Crippen molar-refractivity contribution in [3.8, 4) is 11.4 Å². The fourth-order valence-electron chi connectivity index (χ4n) is 4.23. The predicted octanol–water partition coefficient (Wildman–Crippen LogP) is 1.98. The van der Waals surface area contributed by atoms with E-state index >= 15 is 0 Å². The average molecular weight is 355 g/mol. The summed E-state index contributed by atoms with van der Waals surface area (Å²) in [6.45, 7) is 2.74. The van der Waals surface area contributed by atoms with Crippen LogP contribution in [-0.2, 0) is 0 Å². The van der Waals surface area contributed by atoms with Gasteiger partial charge in [-0.05, 0) is 51.4 Å². The van der Waals surface area contributed by atoms with Crippen molar-refractivity contribution in [2.45, 2.75) is 31.2 Å². The summed E-state index contributed by atoms with van der Waals surface area (Å²) < 4.78 is 6.86. The van der Waals surface area contributed by atoms with Gasteiger partial charge in [0.05, 0.1) is 19.0 Å². The van der Waals surface area contributed by atoms with Gasteiger partial charge in [-0.2, -0.15) is 0 Å². The number of likely N-dealkylation sites (tertiary alicyclic amines) is 2. The second-order valence-electron chi connectivity index (χ2n) is 7.29. The maximum atomic E-state index is 12.8. The van der Waals surface area contributed by atoms with E-state index in [9.17, 15) is 4.79 Å². The summed E-state index contributed by atoms with van der Waals surface area (Å²) in [7, 11) is 3.84. The SMILES string of the molecule is COc1cccc(-n2cc(C(=O)N3CCC4(CCCN4C)CC3)nn2)c1. The lowest BCUT2D eigenvalue weighted by atomic mass is 9.85. The van der Waals surface area contributed by atoms with Gasteiger partial charge < -0.3 is 14.5 Å². The van der Waals surface area contributed by atoms with Crippen LogP contribution in [0.25, 0.3) is 5.69 Å². The quantitative estimate of drug-likeness (QED) is 0.842. The molecular weight excluding hydrogens is 330 g/mol. The molecule has 4 rings (SSSR count). The number of ether oxygens (including phenoxy) is 1. The summed E-state index contributed by atoms with van der Waals surface area (Å²) in [6.07, 6.45) is 6.29. The van der Waals surface area contributed by atoms with Gasteiger partial charge in [-0.15, -0.1) is 5.10 Å². The number of benzene rings is 1. The first-order chi connectivity index (χ1) is 12.6. The van der Waals surface area contributed by atoms with Gasteiger partial charge in [0, 0.05) is 24.7 Å². The maximum absolute atomic E-state index is 12.8. The zero-order valence-electron chi connectivity index (χ0n) is 15.4. The molecule has 0 radical (unpaired) electrons. The molecule has 2 aliphatic heterocycles. The molecule has 2 aromatic rings. The Labute approximate surface area is 153 Å². The Morgan fingerprint density at radius 1 is 1.19 bits per heavy atom. The van der Waals surface area contributed by atoms with Gasteiger partial charge in [0.1, 0.15) is 5.75 Å². The Bertz CT molecular complexity index is 795. The molecule has 0 aliphatic carbocycles. The van der Waals surface area contributed by atoms with Crippen molar-refractivity contribution in [1.82, 2.24) is 24.8 Å². The van der Waals surface area contributed by atoms with Crippen molar-refractivity contribution in [3.63, 3.8) is 0 Å². The van der Waals surface area contributed by atoms with E-state index in [1.54, 1.807) is 18.0 Å². The monoisotopic (exact) mass is 355 g/mol. The number of piperidine rings is 1. The Balaban J connectivity index is 1.45. The molecule has 7 nitrogen and oxygen atoms in total. The number of hydrogen-bond acceptors (Lipinski definition) is 5. The zero-order chi connectivity index (χ0) is 18.1. The number of carbonyl (C=O) groups excluding carboxylic acids is 1. The molecule has 2 aliphatic rings. The predicted molar refractivity (Wildman–Crippen MR) is 97.6 cm³/mol. The van der Waals surface area contributed by atoms with E-state index in [0.717, 1.165) is 37.4 Å². The number of methoxy groups -OCH3 is 1. The number of aromatic nitrogens is 3. The molecule has 0 N–H and O–H groups in total. The average Bonchev–Trinajstić information content (AvgIpc) is 3.30. The van der Waals surface area contributed by atoms with E-state index in [1.807, 2.05) is 29.2 Å². The van der Waals surface area contributed by atoms with Gasteiger partial charge in [0.15, 0.2) is 5.69 Å². The molecular formula is C19H25N5O2. The zero-order valence-corrected chi connectivity index (χ0v) is 15.4. The van der Waals surface area contributed by atoms with E-state index < -0.39 is 0 Å². The lowest BCUT2D eigenvalue weighted by molar-refractivity contribution is 0.0487. The normalized spacial score (nSPS) is 19.8. The molecule has 138 valence electrons. The molecule has 1 amide bonds. The summed E-state index contributed by atoms with van der Waals surface area (Å²) in [5, 5.41) is 8.21. The number of hydrogen-bond donors (Lipinski definition) is 0. The minimum Gasteiger partial charge on any atom is -0.497 e. The summed E-state index contributed by atoms with van der Waals surface area (Å²) in [5.74, 6) is 0.711. The molecule has 2 fully saturated rings. The van der Waals surface area contributed by atoms with Gasteiger partial charge in [0.25, 0.3) is 5.91 Å². The molecule has 0 unspecified atom stereocenters. The topological polar surface area (TPSA) is 63.5 Å². The van der Waals surface area contributed by atoms with Crippen LogP contribution in [0.1, 0.15) is 36.2 Å². The van der Waals surface area contributed by atoms with Crippen LogP contribution in [-0.4, -0.2) is 70.0 Å². The Kier molecular flexibility index (Phi) is 4.40. The highest BCUT2D eigenvalue weighted by atomic mass is 16.5. The third kappa shape index (κ3) is 2.96. The van der Waals surface area contributed by atoms with Crippen LogP contribution in [0, 0.1) is 0 Å². The van der Waals surface area contributed by atoms with E-state index in [-0.39, 0.29) is 5.91 Å². The molecule has 0 saturated carbocycles. The van der Waals surface area contributed by atoms with Crippen LogP contribution < -0.4 is 4.74 Å². The standard InChI is InChI=1S/C19H25N5O2/c1-22-10-4-7-19(22)8-11-23(12-9-19)18(25)17-14-24(21-20-17)15-5-3-6-16(13-15)26-2/h3,5-6,13-14H,4,7-12H2,1-2H3. The van der Waals surface area contributed by atoms with Gasteiger partial charge >= 0.3 is 0 Å². The molecule has 1 spiro atoms. The van der Waals surface area contributed by atoms with Crippen molar-refractivity contribution >= 4 is 5.91 Å². The minimum atomic E-state index is -0.0327. The second-order valence-corrected chi connectivity index (χ2v) is 7.29. The van der Waals surface area contributed by atoms with Gasteiger partial charge in [-0.1, -0.05) is 11.3 Å². The van der Waals surface area contributed by atoms with Crippen molar-refractivity contribution in [3.05, 3.63) is 36.2 Å². The molecule has 26 heavy (non-hydrogen) atoms. The Hall–Kier alpha value is -2.41. The minimum absolute atomic E-state index is 0.0327. The number of nitrogens with zero attached hydrogens (tertiary/aromatic N) is 5. The molecule has 7 heteroatoms. The maximum Gasteiger partial charge on any atom is 0.276 e. The summed E-state index contributed by atoms with van der Waals surface area (Å²) in [6, 6.07) is 7.53. The lowest BCUT2D eigenvalue weighted by Crippen LogP contribution is -2.52. The highest BCUT2D eigenvalue weighted by Gasteiger charge is 2.42. The summed E-state index contributed by atoms with van der Waals surface area (Å²) >= 11 is 0. The first-order valence-electron chi connectivity index (χ1n) is 9.19. The first kappa shape index (κ1) is 17.0. The van der Waals surface area contributed by atoms with Gasteiger partial charge in [0.2, 0.25) is 0 Å². The second kappa shape index (κ2) is 6.72. The fraction of sp³-hybridized carbons (Fsp3) is 0.526. The molecule has 1 aromatic heterocycles. The Morgan fingerprint density at radius 3 is 2.69 bits per heavy atom. The summed E-state index contributed by atoms with van der Waals surface area (Å²) in [5.41, 5.74) is 1.51. The van der Waals surface area contributed by atoms with E-state index in [0.29, 0.717) is 11.2 Å². The van der Waals surface area contributed by atoms with Crippen molar-refractivity contribution < 1.29 is 9.53 Å². The fourth-order valence-corrected chi connectivity index (χ4v) is 4.23. The molecule has 0 bridgehead atoms. The van der Waals surface area contributed by atoms with Crippen LogP contribution in [0.3, 0.4) is 0 Å². The Morgan fingerprint density at radius 2 is 2.00 bits per heavy atom.